The lowest BCUT2D eigenvalue weighted by atomic mass is 9.81. The van der Waals surface area contributed by atoms with Gasteiger partial charge in [-0.3, -0.25) is 34.1 Å². The van der Waals surface area contributed by atoms with Crippen LogP contribution in [0.2, 0.25) is 0 Å². The number of aromatic nitrogens is 1. The zero-order valence-corrected chi connectivity index (χ0v) is 38.5. The van der Waals surface area contributed by atoms with E-state index in [4.69, 9.17) is 18.9 Å². The van der Waals surface area contributed by atoms with Gasteiger partial charge in [0.05, 0.1) is 56.9 Å². The Hall–Kier alpha value is -4.33. The standard InChI is InChI=1S/C46H66N6O11S/c1-29-40(64-28-48-29)32-12-10-30(11-13-32)24-47-42(56)37-23-33(53)25-51(37)45(59)41(46(2,3)4)49-39(55)27-63-22-21-62-20-19-61-18-17-60-16-6-8-31-7-5-9-34-35(31)26-52(44(34)58)36-14-15-38(54)50-43(36)57/h5,7,9,28,30,32-33,36-37,41,53H,6,8,10-27H2,1-4H3,(H,47,56)(H,49,55)(H,50,54,57)/t30?,32?,33-,36?,37+,41-/m1/s1. The normalized spacial score (nSPS) is 23.0. The molecule has 1 unspecified atom stereocenters. The average molecular weight is 911 g/mol. The number of β-amino-alcohol motifs (C(OH)–C–C–N with tert-alkyl or cyclic N) is 1. The maximum atomic E-state index is 13.9. The number of ether oxygens (including phenoxy) is 4. The number of amides is 6. The molecule has 6 amide bonds. The maximum absolute atomic E-state index is 13.9. The minimum absolute atomic E-state index is 0.0154. The summed E-state index contributed by atoms with van der Waals surface area (Å²) >= 11 is 1.72. The summed E-state index contributed by atoms with van der Waals surface area (Å²) in [5.74, 6) is -1.22. The molecule has 2 aromatic rings. The number of hydrogen-bond acceptors (Lipinski definition) is 13. The number of hydrogen-bond donors (Lipinski definition) is 4. The van der Waals surface area contributed by atoms with Crippen LogP contribution in [0.25, 0.3) is 0 Å². The Morgan fingerprint density at radius 1 is 0.953 bits per heavy atom. The molecule has 4 aliphatic rings. The molecule has 352 valence electrons. The summed E-state index contributed by atoms with van der Waals surface area (Å²) in [6.45, 7) is 10.6. The van der Waals surface area contributed by atoms with Crippen LogP contribution in [0.3, 0.4) is 0 Å². The van der Waals surface area contributed by atoms with Crippen LogP contribution in [0.5, 0.6) is 0 Å². The summed E-state index contributed by atoms with van der Waals surface area (Å²) in [6, 6.07) is 3.23. The van der Waals surface area contributed by atoms with Gasteiger partial charge in [0.1, 0.15) is 24.7 Å². The van der Waals surface area contributed by atoms with E-state index in [1.54, 1.807) is 22.3 Å². The lowest BCUT2D eigenvalue weighted by molar-refractivity contribution is -0.144. The van der Waals surface area contributed by atoms with Gasteiger partial charge < -0.3 is 44.5 Å². The third kappa shape index (κ3) is 13.2. The molecule has 4 heterocycles. The Balaban J connectivity index is 0.800. The molecule has 17 nitrogen and oxygen atoms in total. The van der Waals surface area contributed by atoms with Crippen LogP contribution in [0.15, 0.2) is 23.7 Å². The van der Waals surface area contributed by atoms with Crippen molar-refractivity contribution in [1.29, 1.82) is 0 Å². The monoisotopic (exact) mass is 910 g/mol. The van der Waals surface area contributed by atoms with Gasteiger partial charge in [0.25, 0.3) is 5.91 Å². The molecular formula is C46H66N6O11S. The molecule has 3 aliphatic heterocycles. The first-order valence-electron chi connectivity index (χ1n) is 22.7. The number of piperidine rings is 1. The number of benzene rings is 1. The molecule has 0 radical (unpaired) electrons. The number of aliphatic hydroxyl groups excluding tert-OH is 1. The van der Waals surface area contributed by atoms with Gasteiger partial charge in [0, 0.05) is 49.5 Å². The van der Waals surface area contributed by atoms with Gasteiger partial charge in [-0.15, -0.1) is 11.3 Å². The van der Waals surface area contributed by atoms with Crippen molar-refractivity contribution in [3.63, 3.8) is 0 Å². The van der Waals surface area contributed by atoms with Crippen LogP contribution < -0.4 is 16.0 Å². The molecule has 1 aromatic carbocycles. The van der Waals surface area contributed by atoms with Crippen molar-refractivity contribution in [2.24, 2.45) is 11.3 Å². The summed E-state index contributed by atoms with van der Waals surface area (Å²) in [5.41, 5.74) is 4.90. The number of thiazole rings is 1. The second kappa shape index (κ2) is 23.2. The molecule has 64 heavy (non-hydrogen) atoms. The highest BCUT2D eigenvalue weighted by Gasteiger charge is 2.45. The fourth-order valence-electron chi connectivity index (χ4n) is 9.09. The maximum Gasteiger partial charge on any atom is 0.255 e. The van der Waals surface area contributed by atoms with E-state index in [0.717, 1.165) is 48.9 Å². The number of carbonyl (C=O) groups is 6. The summed E-state index contributed by atoms with van der Waals surface area (Å²) in [7, 11) is 0. The Bertz CT molecular complexity index is 1950. The third-order valence-corrected chi connectivity index (χ3v) is 13.7. The molecule has 4 N–H and O–H groups in total. The van der Waals surface area contributed by atoms with Crippen LogP contribution in [-0.4, -0.2) is 146 Å². The minimum Gasteiger partial charge on any atom is -0.391 e. The van der Waals surface area contributed by atoms with Crippen LogP contribution in [0.4, 0.5) is 0 Å². The zero-order chi connectivity index (χ0) is 45.8. The zero-order valence-electron chi connectivity index (χ0n) is 37.7. The molecular weight excluding hydrogens is 845 g/mol. The van der Waals surface area contributed by atoms with Gasteiger partial charge >= 0.3 is 0 Å². The van der Waals surface area contributed by atoms with E-state index in [1.165, 1.54) is 9.78 Å². The topological polar surface area (TPSA) is 215 Å². The molecule has 3 fully saturated rings. The molecule has 0 spiro atoms. The fourth-order valence-corrected chi connectivity index (χ4v) is 10.1. The van der Waals surface area contributed by atoms with Crippen molar-refractivity contribution in [3.8, 4) is 0 Å². The highest BCUT2D eigenvalue weighted by atomic mass is 32.1. The largest absolute Gasteiger partial charge is 0.391 e. The second-order valence-corrected chi connectivity index (χ2v) is 19.3. The smallest absolute Gasteiger partial charge is 0.255 e. The van der Waals surface area contributed by atoms with Crippen molar-refractivity contribution in [3.05, 3.63) is 51.0 Å². The molecule has 18 heteroatoms. The second-order valence-electron chi connectivity index (χ2n) is 18.4. The van der Waals surface area contributed by atoms with Crippen LogP contribution in [-0.2, 0) is 55.9 Å². The lowest BCUT2D eigenvalue weighted by Gasteiger charge is -2.35. The predicted molar refractivity (Wildman–Crippen MR) is 236 cm³/mol. The Morgan fingerprint density at radius 2 is 1.64 bits per heavy atom. The highest BCUT2D eigenvalue weighted by Crippen LogP contribution is 2.38. The number of imide groups is 1. The highest BCUT2D eigenvalue weighted by molar-refractivity contribution is 7.09. The molecule has 0 bridgehead atoms. The first-order chi connectivity index (χ1) is 30.7. The van der Waals surface area contributed by atoms with Crippen LogP contribution in [0.1, 0.15) is 110 Å². The molecule has 1 aliphatic carbocycles. The number of nitrogens with zero attached hydrogens (tertiary/aromatic N) is 3. The molecule has 2 saturated heterocycles. The predicted octanol–water partition coefficient (Wildman–Crippen LogP) is 2.79. The molecule has 4 atom stereocenters. The average Bonchev–Trinajstić information content (AvgIpc) is 3.98. The number of aryl methyl sites for hydroxylation is 2. The van der Waals surface area contributed by atoms with E-state index >= 15 is 0 Å². The number of carbonyl (C=O) groups excluding carboxylic acids is 6. The number of aliphatic hydroxyl groups is 1. The number of nitrogens with one attached hydrogen (secondary N) is 3. The van der Waals surface area contributed by atoms with Crippen molar-refractivity contribution < 1.29 is 52.8 Å². The first kappa shape index (κ1) is 49.1. The summed E-state index contributed by atoms with van der Waals surface area (Å²) in [6.07, 6.45) is 5.43. The third-order valence-electron chi connectivity index (χ3n) is 12.6. The van der Waals surface area contributed by atoms with E-state index < -0.39 is 47.4 Å². The van der Waals surface area contributed by atoms with Crippen molar-refractivity contribution >= 4 is 46.8 Å². The van der Waals surface area contributed by atoms with Gasteiger partial charge in [-0.2, -0.15) is 0 Å². The molecule has 6 rings (SSSR count). The van der Waals surface area contributed by atoms with E-state index in [2.05, 4.69) is 27.9 Å². The summed E-state index contributed by atoms with van der Waals surface area (Å²) in [4.78, 5) is 86.1. The first-order valence-corrected chi connectivity index (χ1v) is 23.6. The molecule has 1 aromatic heterocycles. The van der Waals surface area contributed by atoms with Gasteiger partial charge in [-0.1, -0.05) is 32.9 Å². The quantitative estimate of drug-likeness (QED) is 0.0992. The number of likely N-dealkylation sites (tertiary alicyclic amines) is 1. The van der Waals surface area contributed by atoms with Gasteiger partial charge in [-0.05, 0) is 86.3 Å². The Kier molecular flexibility index (Phi) is 17.8. The Labute approximate surface area is 379 Å². The Morgan fingerprint density at radius 3 is 2.30 bits per heavy atom. The lowest BCUT2D eigenvalue weighted by Crippen LogP contribution is -2.58. The van der Waals surface area contributed by atoms with E-state index in [9.17, 15) is 33.9 Å². The van der Waals surface area contributed by atoms with E-state index in [-0.39, 0.29) is 56.9 Å². The van der Waals surface area contributed by atoms with Gasteiger partial charge in [0.15, 0.2) is 0 Å². The van der Waals surface area contributed by atoms with Gasteiger partial charge in [-0.25, -0.2) is 4.98 Å². The van der Waals surface area contributed by atoms with Crippen molar-refractivity contribution in [2.75, 3.05) is 65.9 Å². The number of fused-ring (bicyclic) bond motifs is 1. The summed E-state index contributed by atoms with van der Waals surface area (Å²) in [5, 5.41) is 18.8. The number of rotatable bonds is 22. The van der Waals surface area contributed by atoms with Crippen molar-refractivity contribution in [2.45, 2.75) is 122 Å². The van der Waals surface area contributed by atoms with Gasteiger partial charge in [0.2, 0.25) is 29.5 Å². The van der Waals surface area contributed by atoms with Crippen LogP contribution in [0, 0.1) is 18.3 Å². The van der Waals surface area contributed by atoms with Crippen molar-refractivity contribution in [1.82, 2.24) is 30.7 Å². The van der Waals surface area contributed by atoms with E-state index in [0.29, 0.717) is 76.4 Å². The van der Waals surface area contributed by atoms with E-state index in [1.807, 2.05) is 38.4 Å². The SMILES string of the molecule is Cc1ncsc1C1CCC(CNC(=O)[C@@H]2C[C@@H](O)CN2C(=O)[C@@H](NC(=O)COCCOCCOCCOCCCc2cccc3c2CN(C2CCC(=O)NC2=O)C3=O)C(C)(C)C)CC1. The molecule has 1 saturated carbocycles. The van der Waals surface area contributed by atoms with Crippen LogP contribution >= 0.6 is 11.3 Å². The fraction of sp³-hybridized carbons (Fsp3) is 0.674. The summed E-state index contributed by atoms with van der Waals surface area (Å²) < 4.78 is 22.4. The minimum atomic E-state index is -0.941.